The summed E-state index contributed by atoms with van der Waals surface area (Å²) >= 11 is 1.37. The van der Waals surface area contributed by atoms with Gasteiger partial charge in [0.2, 0.25) is 0 Å². The predicted molar refractivity (Wildman–Crippen MR) is 144 cm³/mol. The van der Waals surface area contributed by atoms with Crippen LogP contribution in [0, 0.1) is 19.7 Å². The molecule has 3 aromatic rings. The van der Waals surface area contributed by atoms with Gasteiger partial charge < -0.3 is 9.47 Å². The van der Waals surface area contributed by atoms with E-state index >= 15 is 0 Å². The van der Waals surface area contributed by atoms with Crippen molar-refractivity contribution < 1.29 is 18.7 Å². The summed E-state index contributed by atoms with van der Waals surface area (Å²) in [7, 11) is 0. The average Bonchev–Trinajstić information content (AvgIpc) is 3.15. The van der Waals surface area contributed by atoms with Crippen LogP contribution in [0.15, 0.2) is 70.6 Å². The minimum Gasteiger partial charge on any atom is -0.490 e. The molecule has 1 amide bonds. The van der Waals surface area contributed by atoms with Crippen molar-refractivity contribution in [2.75, 3.05) is 13.2 Å². The smallest absolute Gasteiger partial charge is 0.266 e. The number of hydrogen-bond acceptors (Lipinski definition) is 5. The van der Waals surface area contributed by atoms with Crippen molar-refractivity contribution in [3.63, 3.8) is 0 Å². The third-order valence-electron chi connectivity index (χ3n) is 5.70. The zero-order valence-corrected chi connectivity index (χ0v) is 21.7. The second-order valence-electron chi connectivity index (χ2n) is 8.35. The van der Waals surface area contributed by atoms with Crippen molar-refractivity contribution in [3.05, 3.63) is 93.6 Å². The van der Waals surface area contributed by atoms with E-state index in [1.807, 2.05) is 76.2 Å². The monoisotopic (exact) mass is 504 g/mol. The van der Waals surface area contributed by atoms with Crippen LogP contribution in [-0.4, -0.2) is 29.1 Å². The number of carbonyl (C=O) groups is 1. The standard InChI is InChI=1S/C29H29FN2O3S/c1-5-32-28(33)26(36-29(32)31-27-19(3)9-7-10-20(27)4)17-21-13-14-24(25(16-21)34-6-2)35-18-22-11-8-12-23(30)15-22/h7-17H,5-6,18H2,1-4H3/b26-17+,31-29?. The van der Waals surface area contributed by atoms with E-state index in [4.69, 9.17) is 14.5 Å². The Morgan fingerprint density at radius 1 is 0.972 bits per heavy atom. The van der Waals surface area contributed by atoms with E-state index < -0.39 is 0 Å². The highest BCUT2D eigenvalue weighted by atomic mass is 32.2. The number of amidine groups is 1. The number of amides is 1. The minimum absolute atomic E-state index is 0.0723. The largest absolute Gasteiger partial charge is 0.490 e. The lowest BCUT2D eigenvalue weighted by Gasteiger charge is -2.13. The number of likely N-dealkylation sites (N-methyl/N-ethyl adjacent to an activating group) is 1. The average molecular weight is 505 g/mol. The number of carbonyl (C=O) groups excluding carboxylic acids is 1. The van der Waals surface area contributed by atoms with Crippen molar-refractivity contribution in [1.82, 2.24) is 4.90 Å². The molecule has 3 aromatic carbocycles. The normalized spacial score (nSPS) is 15.7. The molecule has 0 N–H and O–H groups in total. The van der Waals surface area contributed by atoms with Crippen LogP contribution in [0.5, 0.6) is 11.5 Å². The molecule has 0 atom stereocenters. The number of halogens is 1. The van der Waals surface area contributed by atoms with Gasteiger partial charge in [-0.1, -0.05) is 36.4 Å². The van der Waals surface area contributed by atoms with Gasteiger partial charge in [0, 0.05) is 6.54 Å². The molecule has 1 saturated heterocycles. The molecule has 0 bridgehead atoms. The van der Waals surface area contributed by atoms with Gasteiger partial charge in [0.05, 0.1) is 17.2 Å². The lowest BCUT2D eigenvalue weighted by molar-refractivity contribution is -0.122. The van der Waals surface area contributed by atoms with Crippen molar-refractivity contribution >= 4 is 34.6 Å². The van der Waals surface area contributed by atoms with E-state index in [2.05, 4.69) is 0 Å². The highest BCUT2D eigenvalue weighted by molar-refractivity contribution is 8.18. The lowest BCUT2D eigenvalue weighted by Crippen LogP contribution is -2.28. The van der Waals surface area contributed by atoms with Gasteiger partial charge in [-0.3, -0.25) is 9.69 Å². The molecule has 5 nitrogen and oxygen atoms in total. The molecule has 7 heteroatoms. The summed E-state index contributed by atoms with van der Waals surface area (Å²) in [5.41, 5.74) is 4.58. The molecule has 0 unspecified atom stereocenters. The fourth-order valence-electron chi connectivity index (χ4n) is 3.89. The van der Waals surface area contributed by atoms with Crippen LogP contribution in [0.4, 0.5) is 10.1 Å². The number of thioether (sulfide) groups is 1. The molecule has 1 aliphatic heterocycles. The van der Waals surface area contributed by atoms with Gasteiger partial charge in [0.25, 0.3) is 5.91 Å². The molecular weight excluding hydrogens is 475 g/mol. The summed E-state index contributed by atoms with van der Waals surface area (Å²) in [6, 6.07) is 17.9. The Kier molecular flexibility index (Phi) is 8.10. The molecule has 0 aromatic heterocycles. The fraction of sp³-hybridized carbons (Fsp3) is 0.241. The highest BCUT2D eigenvalue weighted by Gasteiger charge is 2.32. The first kappa shape index (κ1) is 25.5. The van der Waals surface area contributed by atoms with Gasteiger partial charge >= 0.3 is 0 Å². The second kappa shape index (κ2) is 11.4. The van der Waals surface area contributed by atoms with Crippen LogP contribution in [0.2, 0.25) is 0 Å². The van der Waals surface area contributed by atoms with E-state index in [0.717, 1.165) is 27.9 Å². The maximum atomic E-state index is 13.5. The Morgan fingerprint density at radius 2 is 1.72 bits per heavy atom. The Hall–Kier alpha value is -3.58. The summed E-state index contributed by atoms with van der Waals surface area (Å²) in [4.78, 5) is 20.3. The van der Waals surface area contributed by atoms with E-state index in [9.17, 15) is 9.18 Å². The summed E-state index contributed by atoms with van der Waals surface area (Å²) in [5.74, 6) is 0.747. The highest BCUT2D eigenvalue weighted by Crippen LogP contribution is 2.37. The fourth-order valence-corrected chi connectivity index (χ4v) is 4.94. The molecule has 0 aliphatic carbocycles. The van der Waals surface area contributed by atoms with Crippen LogP contribution >= 0.6 is 11.8 Å². The number of aliphatic imine (C=N–C) groups is 1. The zero-order valence-electron chi connectivity index (χ0n) is 20.9. The van der Waals surface area contributed by atoms with Gasteiger partial charge in [-0.05, 0) is 92.1 Å². The summed E-state index contributed by atoms with van der Waals surface area (Å²) in [6.07, 6.45) is 1.85. The Morgan fingerprint density at radius 3 is 2.42 bits per heavy atom. The molecular formula is C29H29FN2O3S. The van der Waals surface area contributed by atoms with Crippen molar-refractivity contribution in [2.45, 2.75) is 34.3 Å². The minimum atomic E-state index is -0.302. The third-order valence-corrected chi connectivity index (χ3v) is 6.71. The van der Waals surface area contributed by atoms with E-state index in [1.54, 1.807) is 11.0 Å². The van der Waals surface area contributed by atoms with Crippen LogP contribution < -0.4 is 9.47 Å². The van der Waals surface area contributed by atoms with Crippen molar-refractivity contribution in [3.8, 4) is 11.5 Å². The zero-order chi connectivity index (χ0) is 25.7. The van der Waals surface area contributed by atoms with Gasteiger partial charge in [-0.2, -0.15) is 0 Å². The molecule has 1 heterocycles. The first-order valence-corrected chi connectivity index (χ1v) is 12.7. The number of nitrogens with zero attached hydrogens (tertiary/aromatic N) is 2. The first-order valence-electron chi connectivity index (χ1n) is 11.9. The summed E-state index contributed by atoms with van der Waals surface area (Å²) in [5, 5.41) is 0.672. The van der Waals surface area contributed by atoms with Crippen molar-refractivity contribution in [1.29, 1.82) is 0 Å². The molecule has 1 fully saturated rings. The topological polar surface area (TPSA) is 51.1 Å². The van der Waals surface area contributed by atoms with Crippen LogP contribution in [0.3, 0.4) is 0 Å². The van der Waals surface area contributed by atoms with Gasteiger partial charge in [0.15, 0.2) is 16.7 Å². The van der Waals surface area contributed by atoms with E-state index in [1.165, 1.54) is 23.9 Å². The molecule has 36 heavy (non-hydrogen) atoms. The number of aryl methyl sites for hydroxylation is 2. The lowest BCUT2D eigenvalue weighted by atomic mass is 10.1. The SMILES string of the molecule is CCOc1cc(/C=C2/SC(=Nc3c(C)cccc3C)N(CC)C2=O)ccc1OCc1cccc(F)c1. The van der Waals surface area contributed by atoms with Crippen LogP contribution in [-0.2, 0) is 11.4 Å². The van der Waals surface area contributed by atoms with Crippen LogP contribution in [0.1, 0.15) is 36.1 Å². The van der Waals surface area contributed by atoms with Gasteiger partial charge in [-0.25, -0.2) is 9.38 Å². The van der Waals surface area contributed by atoms with Gasteiger partial charge in [-0.15, -0.1) is 0 Å². The Labute approximate surface area is 215 Å². The molecule has 0 spiro atoms. The molecule has 0 saturated carbocycles. The first-order chi connectivity index (χ1) is 17.4. The third kappa shape index (κ3) is 5.79. The summed E-state index contributed by atoms with van der Waals surface area (Å²) in [6.45, 7) is 9.09. The second-order valence-corrected chi connectivity index (χ2v) is 9.36. The number of para-hydroxylation sites is 1. The van der Waals surface area contributed by atoms with Crippen LogP contribution in [0.25, 0.3) is 6.08 Å². The van der Waals surface area contributed by atoms with E-state index in [0.29, 0.717) is 34.7 Å². The number of ether oxygens (including phenoxy) is 2. The van der Waals surface area contributed by atoms with Crippen molar-refractivity contribution in [2.24, 2.45) is 4.99 Å². The maximum Gasteiger partial charge on any atom is 0.266 e. The number of hydrogen-bond donors (Lipinski definition) is 0. The molecule has 186 valence electrons. The number of rotatable bonds is 8. The van der Waals surface area contributed by atoms with E-state index in [-0.39, 0.29) is 18.3 Å². The quantitative estimate of drug-likeness (QED) is 0.309. The predicted octanol–water partition coefficient (Wildman–Crippen LogP) is 7.04. The summed E-state index contributed by atoms with van der Waals surface area (Å²) < 4.78 is 25.2. The number of benzene rings is 3. The Bertz CT molecular complexity index is 1320. The molecule has 4 rings (SSSR count). The molecule has 0 radical (unpaired) electrons. The molecule has 1 aliphatic rings. The maximum absolute atomic E-state index is 13.5. The van der Waals surface area contributed by atoms with Gasteiger partial charge in [0.1, 0.15) is 12.4 Å². The Balaban J connectivity index is 1.59.